The Kier molecular flexibility index (Phi) is 6.91. The van der Waals surface area contributed by atoms with Crippen LogP contribution in [0.3, 0.4) is 0 Å². The quantitative estimate of drug-likeness (QED) is 0.611. The third-order valence-electron chi connectivity index (χ3n) is 4.59. The van der Waals surface area contributed by atoms with Gasteiger partial charge in [-0.25, -0.2) is 0 Å². The number of carbonyl (C=O) groups is 1. The number of unbranched alkanes of at least 4 members (excludes halogenated alkanes) is 1. The second-order valence-corrected chi connectivity index (χ2v) is 5.96. The highest BCUT2D eigenvalue weighted by atomic mass is 16.5. The fourth-order valence-electron chi connectivity index (χ4n) is 3.25. The van der Waals surface area contributed by atoms with Crippen molar-refractivity contribution < 1.29 is 9.53 Å². The first kappa shape index (κ1) is 15.7. The van der Waals surface area contributed by atoms with E-state index in [-0.39, 0.29) is 5.41 Å². The number of hydrogen-bond acceptors (Lipinski definition) is 2. The monoisotopic (exact) mass is 254 g/mol. The van der Waals surface area contributed by atoms with Gasteiger partial charge in [0.2, 0.25) is 0 Å². The zero-order chi connectivity index (χ0) is 13.4. The molecule has 106 valence electrons. The largest absolute Gasteiger partial charge is 0.384 e. The molecule has 18 heavy (non-hydrogen) atoms. The molecule has 0 radical (unpaired) electrons. The minimum absolute atomic E-state index is 0.131. The van der Waals surface area contributed by atoms with Gasteiger partial charge in [0.1, 0.15) is 5.78 Å². The van der Waals surface area contributed by atoms with Crippen molar-refractivity contribution in [1.82, 2.24) is 0 Å². The molecule has 1 atom stereocenters. The van der Waals surface area contributed by atoms with Gasteiger partial charge in [0, 0.05) is 13.5 Å². The topological polar surface area (TPSA) is 26.3 Å². The summed E-state index contributed by atoms with van der Waals surface area (Å²) in [7, 11) is 1.72. The maximum Gasteiger partial charge on any atom is 0.141 e. The van der Waals surface area contributed by atoms with Crippen LogP contribution in [0.25, 0.3) is 0 Å². The molecule has 1 unspecified atom stereocenters. The van der Waals surface area contributed by atoms with Crippen molar-refractivity contribution in [2.75, 3.05) is 13.7 Å². The highest BCUT2D eigenvalue weighted by Gasteiger charge is 2.40. The van der Waals surface area contributed by atoms with Gasteiger partial charge in [0.05, 0.1) is 12.0 Å². The Labute approximate surface area is 112 Å². The molecule has 0 bridgehead atoms. The van der Waals surface area contributed by atoms with Gasteiger partial charge in [-0.1, -0.05) is 52.4 Å². The summed E-state index contributed by atoms with van der Waals surface area (Å²) in [5.74, 6) is 1.07. The summed E-state index contributed by atoms with van der Waals surface area (Å²) in [4.78, 5) is 12.6. The summed E-state index contributed by atoms with van der Waals surface area (Å²) in [6.07, 6.45) is 10.1. The average molecular weight is 254 g/mol. The third kappa shape index (κ3) is 4.08. The summed E-state index contributed by atoms with van der Waals surface area (Å²) < 4.78 is 5.33. The number of ether oxygens (including phenoxy) is 1. The van der Waals surface area contributed by atoms with Crippen LogP contribution >= 0.6 is 0 Å². The van der Waals surface area contributed by atoms with E-state index in [1.807, 2.05) is 0 Å². The zero-order valence-electron chi connectivity index (χ0n) is 12.5. The minimum atomic E-state index is -0.131. The lowest BCUT2D eigenvalue weighted by atomic mass is 9.77. The average Bonchev–Trinajstić information content (AvgIpc) is 2.84. The molecule has 0 spiro atoms. The molecule has 0 aliphatic heterocycles. The van der Waals surface area contributed by atoms with E-state index in [1.165, 1.54) is 32.1 Å². The van der Waals surface area contributed by atoms with Crippen LogP contribution in [0.15, 0.2) is 0 Å². The van der Waals surface area contributed by atoms with Gasteiger partial charge < -0.3 is 4.74 Å². The highest BCUT2D eigenvalue weighted by molar-refractivity contribution is 5.85. The molecule has 2 heteroatoms. The van der Waals surface area contributed by atoms with Gasteiger partial charge >= 0.3 is 0 Å². The fourth-order valence-corrected chi connectivity index (χ4v) is 3.25. The van der Waals surface area contributed by atoms with Crippen LogP contribution in [0.2, 0.25) is 0 Å². The number of Topliss-reactive ketones (excluding diaryl/α,β-unsaturated/α-hetero) is 1. The van der Waals surface area contributed by atoms with Gasteiger partial charge in [-0.15, -0.1) is 0 Å². The van der Waals surface area contributed by atoms with E-state index in [9.17, 15) is 4.79 Å². The maximum absolute atomic E-state index is 12.6. The molecule has 0 saturated heterocycles. The van der Waals surface area contributed by atoms with Crippen LogP contribution in [0.4, 0.5) is 0 Å². The highest BCUT2D eigenvalue weighted by Crippen LogP contribution is 2.41. The van der Waals surface area contributed by atoms with E-state index in [0.29, 0.717) is 18.3 Å². The summed E-state index contributed by atoms with van der Waals surface area (Å²) in [5, 5.41) is 0. The zero-order valence-corrected chi connectivity index (χ0v) is 12.5. The first-order chi connectivity index (χ1) is 8.68. The SMILES string of the molecule is CCCCC(CC)CC(=O)C1(COC)CCCC1. The van der Waals surface area contributed by atoms with E-state index in [2.05, 4.69) is 13.8 Å². The lowest BCUT2D eigenvalue weighted by Crippen LogP contribution is -2.34. The van der Waals surface area contributed by atoms with Gasteiger partial charge in [-0.2, -0.15) is 0 Å². The fraction of sp³-hybridized carbons (Fsp3) is 0.938. The predicted octanol–water partition coefficient (Wildman–Crippen LogP) is 4.37. The number of carbonyl (C=O) groups excluding carboxylic acids is 1. The molecule has 1 rings (SSSR count). The van der Waals surface area contributed by atoms with Crippen molar-refractivity contribution in [2.45, 2.75) is 71.6 Å². The third-order valence-corrected chi connectivity index (χ3v) is 4.59. The van der Waals surface area contributed by atoms with E-state index in [0.717, 1.165) is 25.7 Å². The molecule has 0 aromatic carbocycles. The Hall–Kier alpha value is -0.370. The molecule has 1 fully saturated rings. The molecule has 1 aliphatic rings. The lowest BCUT2D eigenvalue weighted by molar-refractivity contribution is -0.132. The summed E-state index contributed by atoms with van der Waals surface area (Å²) in [5.41, 5.74) is -0.131. The predicted molar refractivity (Wildman–Crippen MR) is 75.7 cm³/mol. The van der Waals surface area contributed by atoms with E-state index in [1.54, 1.807) is 7.11 Å². The van der Waals surface area contributed by atoms with Crippen LogP contribution in [0.1, 0.15) is 71.6 Å². The van der Waals surface area contributed by atoms with Crippen LogP contribution < -0.4 is 0 Å². The molecule has 1 aliphatic carbocycles. The van der Waals surface area contributed by atoms with E-state index < -0.39 is 0 Å². The van der Waals surface area contributed by atoms with E-state index in [4.69, 9.17) is 4.74 Å². The maximum atomic E-state index is 12.6. The van der Waals surface area contributed by atoms with Crippen molar-refractivity contribution in [1.29, 1.82) is 0 Å². The minimum Gasteiger partial charge on any atom is -0.384 e. The van der Waals surface area contributed by atoms with Gasteiger partial charge in [-0.05, 0) is 18.8 Å². The number of hydrogen-bond donors (Lipinski definition) is 0. The molecular weight excluding hydrogens is 224 g/mol. The lowest BCUT2D eigenvalue weighted by Gasteiger charge is -2.28. The number of rotatable bonds is 9. The smallest absolute Gasteiger partial charge is 0.141 e. The van der Waals surface area contributed by atoms with Crippen molar-refractivity contribution in [3.63, 3.8) is 0 Å². The summed E-state index contributed by atoms with van der Waals surface area (Å²) >= 11 is 0. The van der Waals surface area contributed by atoms with Gasteiger partial charge in [0.15, 0.2) is 0 Å². The van der Waals surface area contributed by atoms with Crippen molar-refractivity contribution in [3.8, 4) is 0 Å². The van der Waals surface area contributed by atoms with Crippen LogP contribution in [0.5, 0.6) is 0 Å². The molecule has 0 aromatic heterocycles. The summed E-state index contributed by atoms with van der Waals surface area (Å²) in [6, 6.07) is 0. The molecular formula is C16H30O2. The first-order valence-corrected chi connectivity index (χ1v) is 7.70. The standard InChI is InChI=1S/C16H30O2/c1-4-6-9-14(5-2)12-15(17)16(13-18-3)10-7-8-11-16/h14H,4-13H2,1-3H3. The second kappa shape index (κ2) is 7.93. The normalized spacial score (nSPS) is 19.9. The van der Waals surface area contributed by atoms with Crippen LogP contribution in [-0.4, -0.2) is 19.5 Å². The molecule has 0 aromatic rings. The molecule has 0 N–H and O–H groups in total. The Balaban J connectivity index is 2.54. The Bertz CT molecular complexity index is 241. The van der Waals surface area contributed by atoms with Gasteiger partial charge in [0.25, 0.3) is 0 Å². The van der Waals surface area contributed by atoms with Gasteiger partial charge in [-0.3, -0.25) is 4.79 Å². The van der Waals surface area contributed by atoms with Crippen molar-refractivity contribution >= 4 is 5.78 Å². The molecule has 2 nitrogen and oxygen atoms in total. The Morgan fingerprint density at radius 2 is 1.94 bits per heavy atom. The second-order valence-electron chi connectivity index (χ2n) is 5.96. The van der Waals surface area contributed by atoms with Crippen LogP contribution in [0, 0.1) is 11.3 Å². The summed E-state index contributed by atoms with van der Waals surface area (Å²) in [6.45, 7) is 5.07. The van der Waals surface area contributed by atoms with Crippen LogP contribution in [-0.2, 0) is 9.53 Å². The molecule has 0 heterocycles. The molecule has 0 amide bonds. The Morgan fingerprint density at radius 3 is 2.44 bits per heavy atom. The molecule has 1 saturated carbocycles. The number of ketones is 1. The van der Waals surface area contributed by atoms with E-state index >= 15 is 0 Å². The van der Waals surface area contributed by atoms with Crippen molar-refractivity contribution in [2.24, 2.45) is 11.3 Å². The Morgan fingerprint density at radius 1 is 1.28 bits per heavy atom. The number of methoxy groups -OCH3 is 1. The first-order valence-electron chi connectivity index (χ1n) is 7.70. The van der Waals surface area contributed by atoms with Crippen molar-refractivity contribution in [3.05, 3.63) is 0 Å².